The van der Waals surface area contributed by atoms with Crippen LogP contribution in [0.2, 0.25) is 0 Å². The van der Waals surface area contributed by atoms with Crippen LogP contribution in [0.3, 0.4) is 0 Å². The molecule has 1 aliphatic heterocycles. The summed E-state index contributed by atoms with van der Waals surface area (Å²) in [7, 11) is 0. The fourth-order valence-corrected chi connectivity index (χ4v) is 6.15. The number of unbranched alkanes of at least 4 members (excludes halogenated alkanes) is 2. The third-order valence-corrected chi connectivity index (χ3v) is 7.40. The summed E-state index contributed by atoms with van der Waals surface area (Å²) in [5.74, 6) is -0.0502. The van der Waals surface area contributed by atoms with Gasteiger partial charge in [-0.1, -0.05) is 38.3 Å². The summed E-state index contributed by atoms with van der Waals surface area (Å²) >= 11 is 1.96. The first kappa shape index (κ1) is 20.8. The predicted molar refractivity (Wildman–Crippen MR) is 103 cm³/mol. The van der Waals surface area contributed by atoms with E-state index in [1.807, 2.05) is 17.8 Å². The molecule has 3 N–H and O–H groups in total. The Bertz CT molecular complexity index is 439. The third-order valence-electron chi connectivity index (χ3n) is 5.65. The SMILES string of the molecule is CCCCC[C@H](O)C=C[C@@H]1[C@H]2CC[C@H](CCCC(=O)O)S[C@H]2C[C@H]1O. The summed E-state index contributed by atoms with van der Waals surface area (Å²) in [4.78, 5) is 10.7. The van der Waals surface area contributed by atoms with Crippen molar-refractivity contribution in [2.24, 2.45) is 11.8 Å². The number of hydrogen-bond acceptors (Lipinski definition) is 4. The molecule has 0 spiro atoms. The van der Waals surface area contributed by atoms with E-state index < -0.39 is 12.1 Å². The molecule has 0 aromatic carbocycles. The summed E-state index contributed by atoms with van der Waals surface area (Å²) in [6, 6.07) is 0. The highest BCUT2D eigenvalue weighted by molar-refractivity contribution is 8.00. The minimum atomic E-state index is -0.710. The fourth-order valence-electron chi connectivity index (χ4n) is 4.25. The highest BCUT2D eigenvalue weighted by atomic mass is 32.2. The van der Waals surface area contributed by atoms with Gasteiger partial charge >= 0.3 is 5.97 Å². The second kappa shape index (κ2) is 10.6. The van der Waals surface area contributed by atoms with Crippen molar-refractivity contribution in [2.75, 3.05) is 0 Å². The number of carboxylic acids is 1. The average molecular weight is 371 g/mol. The Hall–Kier alpha value is -0.520. The first-order valence-corrected chi connectivity index (χ1v) is 10.9. The summed E-state index contributed by atoms with van der Waals surface area (Å²) in [5.41, 5.74) is 0. The number of aliphatic carboxylic acids is 1. The maximum absolute atomic E-state index is 10.7. The van der Waals surface area contributed by atoms with Gasteiger partial charge in [0.15, 0.2) is 0 Å². The van der Waals surface area contributed by atoms with Crippen molar-refractivity contribution in [3.63, 3.8) is 0 Å². The lowest BCUT2D eigenvalue weighted by Crippen LogP contribution is -2.26. The third kappa shape index (κ3) is 6.61. The molecule has 0 aromatic heterocycles. The molecule has 4 nitrogen and oxygen atoms in total. The Labute approximate surface area is 156 Å². The zero-order valence-electron chi connectivity index (χ0n) is 15.3. The van der Waals surface area contributed by atoms with E-state index in [0.717, 1.165) is 57.8 Å². The van der Waals surface area contributed by atoms with Crippen LogP contribution in [0.4, 0.5) is 0 Å². The Morgan fingerprint density at radius 2 is 2.08 bits per heavy atom. The van der Waals surface area contributed by atoms with E-state index in [0.29, 0.717) is 16.4 Å². The quantitative estimate of drug-likeness (QED) is 0.400. The molecular weight excluding hydrogens is 336 g/mol. The predicted octanol–water partition coefficient (Wildman–Crippen LogP) is 4.00. The molecule has 0 aromatic rings. The monoisotopic (exact) mass is 370 g/mol. The van der Waals surface area contributed by atoms with Gasteiger partial charge in [0.1, 0.15) is 0 Å². The Morgan fingerprint density at radius 1 is 1.28 bits per heavy atom. The lowest BCUT2D eigenvalue weighted by atomic mass is 9.88. The Morgan fingerprint density at radius 3 is 2.80 bits per heavy atom. The molecule has 1 saturated heterocycles. The second-order valence-electron chi connectivity index (χ2n) is 7.65. The van der Waals surface area contributed by atoms with Gasteiger partial charge in [0.05, 0.1) is 12.2 Å². The fraction of sp³-hybridized carbons (Fsp3) is 0.850. The van der Waals surface area contributed by atoms with E-state index in [-0.39, 0.29) is 18.4 Å². The second-order valence-corrected chi connectivity index (χ2v) is 9.20. The van der Waals surface area contributed by atoms with Gasteiger partial charge < -0.3 is 15.3 Å². The molecule has 2 aliphatic rings. The first-order valence-electron chi connectivity index (χ1n) is 9.93. The van der Waals surface area contributed by atoms with Gasteiger partial charge in [-0.15, -0.1) is 0 Å². The number of aliphatic hydroxyl groups excluding tert-OH is 2. The molecular formula is C20H34O4S. The average Bonchev–Trinajstić information content (AvgIpc) is 2.87. The summed E-state index contributed by atoms with van der Waals surface area (Å²) in [6.45, 7) is 2.16. The van der Waals surface area contributed by atoms with Gasteiger partial charge in [0.2, 0.25) is 0 Å². The maximum Gasteiger partial charge on any atom is 0.303 e. The molecule has 25 heavy (non-hydrogen) atoms. The van der Waals surface area contributed by atoms with E-state index in [1.165, 1.54) is 0 Å². The van der Waals surface area contributed by atoms with Crippen LogP contribution >= 0.6 is 11.8 Å². The van der Waals surface area contributed by atoms with Crippen LogP contribution in [0.25, 0.3) is 0 Å². The molecule has 0 radical (unpaired) electrons. The van der Waals surface area contributed by atoms with Crippen molar-refractivity contribution >= 4 is 17.7 Å². The largest absolute Gasteiger partial charge is 0.481 e. The van der Waals surface area contributed by atoms with Crippen LogP contribution < -0.4 is 0 Å². The molecule has 1 aliphatic carbocycles. The van der Waals surface area contributed by atoms with Crippen molar-refractivity contribution in [1.29, 1.82) is 0 Å². The van der Waals surface area contributed by atoms with Crippen LogP contribution in [-0.4, -0.2) is 44.0 Å². The summed E-state index contributed by atoms with van der Waals surface area (Å²) in [6.07, 6.45) is 12.5. The molecule has 0 bridgehead atoms. The van der Waals surface area contributed by atoms with E-state index in [2.05, 4.69) is 13.0 Å². The van der Waals surface area contributed by atoms with Crippen LogP contribution in [0.1, 0.15) is 71.1 Å². The van der Waals surface area contributed by atoms with Crippen LogP contribution in [0.15, 0.2) is 12.2 Å². The number of rotatable bonds is 10. The molecule has 2 fully saturated rings. The van der Waals surface area contributed by atoms with Crippen molar-refractivity contribution in [1.82, 2.24) is 0 Å². The van der Waals surface area contributed by atoms with Crippen molar-refractivity contribution in [3.05, 3.63) is 12.2 Å². The Balaban J connectivity index is 1.79. The van der Waals surface area contributed by atoms with Gasteiger partial charge in [-0.25, -0.2) is 0 Å². The van der Waals surface area contributed by atoms with Crippen molar-refractivity contribution < 1.29 is 20.1 Å². The van der Waals surface area contributed by atoms with E-state index >= 15 is 0 Å². The normalized spacial score (nSPS) is 33.5. The van der Waals surface area contributed by atoms with E-state index in [1.54, 1.807) is 0 Å². The van der Waals surface area contributed by atoms with Crippen molar-refractivity contribution in [3.8, 4) is 0 Å². The summed E-state index contributed by atoms with van der Waals surface area (Å²) < 4.78 is 0. The minimum Gasteiger partial charge on any atom is -0.481 e. The minimum absolute atomic E-state index is 0.165. The van der Waals surface area contributed by atoms with Gasteiger partial charge in [-0.2, -0.15) is 11.8 Å². The smallest absolute Gasteiger partial charge is 0.303 e. The number of aliphatic hydroxyl groups is 2. The molecule has 5 heteroatoms. The van der Waals surface area contributed by atoms with Gasteiger partial charge in [0, 0.05) is 22.8 Å². The zero-order valence-corrected chi connectivity index (χ0v) is 16.2. The molecule has 2 rings (SSSR count). The standard InChI is InChI=1S/C20H34O4S/c1-2-3-4-6-14(21)9-11-16-17-12-10-15(7-5-8-20(23)24)25-19(17)13-18(16)22/h9,11,14-19,21-22H,2-8,10,12-13H2,1H3,(H,23,24)/t14-,15-,16+,17+,18+,19-/m0/s1. The molecule has 1 saturated carbocycles. The van der Waals surface area contributed by atoms with Crippen molar-refractivity contribution in [2.45, 2.75) is 93.8 Å². The lowest BCUT2D eigenvalue weighted by Gasteiger charge is -2.33. The van der Waals surface area contributed by atoms with Crippen LogP contribution in [0.5, 0.6) is 0 Å². The molecule has 144 valence electrons. The lowest BCUT2D eigenvalue weighted by molar-refractivity contribution is -0.137. The maximum atomic E-state index is 10.7. The number of thioether (sulfide) groups is 1. The number of carbonyl (C=O) groups is 1. The summed E-state index contributed by atoms with van der Waals surface area (Å²) in [5, 5.41) is 30.3. The Kier molecular flexibility index (Phi) is 8.80. The number of carboxylic acid groups (broad SMARTS) is 1. The molecule has 0 unspecified atom stereocenters. The number of hydrogen-bond donors (Lipinski definition) is 3. The van der Waals surface area contributed by atoms with Gasteiger partial charge in [-0.3, -0.25) is 4.79 Å². The van der Waals surface area contributed by atoms with Crippen LogP contribution in [0, 0.1) is 11.8 Å². The van der Waals surface area contributed by atoms with Gasteiger partial charge in [-0.05, 0) is 44.4 Å². The topological polar surface area (TPSA) is 77.8 Å². The molecule has 1 heterocycles. The highest BCUT2D eigenvalue weighted by Gasteiger charge is 2.44. The zero-order chi connectivity index (χ0) is 18.2. The first-order chi connectivity index (χ1) is 12.0. The van der Waals surface area contributed by atoms with E-state index in [4.69, 9.17) is 5.11 Å². The molecule has 6 atom stereocenters. The van der Waals surface area contributed by atoms with E-state index in [9.17, 15) is 15.0 Å². The van der Waals surface area contributed by atoms with Gasteiger partial charge in [0.25, 0.3) is 0 Å². The molecule has 0 amide bonds. The number of fused-ring (bicyclic) bond motifs is 1. The highest BCUT2D eigenvalue weighted by Crippen LogP contribution is 2.49. The van der Waals surface area contributed by atoms with Crippen LogP contribution in [-0.2, 0) is 4.79 Å².